The highest BCUT2D eigenvalue weighted by molar-refractivity contribution is 7.27. The number of hydrogen-bond acceptors (Lipinski definition) is 1. The van der Waals surface area contributed by atoms with E-state index in [-0.39, 0.29) is 0 Å². The molecule has 54 valence electrons. The molecular formula is C8H12NP. The summed E-state index contributed by atoms with van der Waals surface area (Å²) < 4.78 is 0. The van der Waals surface area contributed by atoms with Gasteiger partial charge < -0.3 is 5.73 Å². The van der Waals surface area contributed by atoms with Gasteiger partial charge in [0, 0.05) is 5.69 Å². The maximum absolute atomic E-state index is 5.68. The molecule has 0 saturated heterocycles. The van der Waals surface area contributed by atoms with Crippen LogP contribution in [0.15, 0.2) is 12.1 Å². The first-order valence-corrected chi connectivity index (χ1v) is 3.81. The van der Waals surface area contributed by atoms with Crippen LogP contribution in [-0.4, -0.2) is 0 Å². The average Bonchev–Trinajstić information content (AvgIpc) is 1.84. The van der Waals surface area contributed by atoms with Gasteiger partial charge in [-0.15, -0.1) is 9.24 Å². The van der Waals surface area contributed by atoms with Crippen molar-refractivity contribution in [1.29, 1.82) is 0 Å². The zero-order chi connectivity index (χ0) is 7.72. The van der Waals surface area contributed by atoms with E-state index in [1.54, 1.807) is 0 Å². The van der Waals surface area contributed by atoms with Crippen molar-refractivity contribution in [1.82, 2.24) is 0 Å². The number of benzene rings is 1. The fourth-order valence-corrected chi connectivity index (χ4v) is 1.19. The molecule has 1 atom stereocenters. The third-order valence-corrected chi connectivity index (χ3v) is 2.28. The summed E-state index contributed by atoms with van der Waals surface area (Å²) >= 11 is 0. The number of hydrogen-bond donors (Lipinski definition) is 1. The lowest BCUT2D eigenvalue weighted by molar-refractivity contribution is 1.43. The van der Waals surface area contributed by atoms with Gasteiger partial charge in [-0.1, -0.05) is 0 Å². The van der Waals surface area contributed by atoms with E-state index in [4.69, 9.17) is 5.73 Å². The van der Waals surface area contributed by atoms with Crippen molar-refractivity contribution in [3.63, 3.8) is 0 Å². The van der Waals surface area contributed by atoms with Gasteiger partial charge in [0.1, 0.15) is 0 Å². The molecule has 1 aromatic carbocycles. The predicted molar refractivity (Wildman–Crippen MR) is 49.7 cm³/mol. The molecule has 1 rings (SSSR count). The summed E-state index contributed by atoms with van der Waals surface area (Å²) in [5.74, 6) is 0. The summed E-state index contributed by atoms with van der Waals surface area (Å²) in [5, 5.41) is 1.23. The first-order valence-electron chi connectivity index (χ1n) is 3.23. The monoisotopic (exact) mass is 153 g/mol. The van der Waals surface area contributed by atoms with Gasteiger partial charge >= 0.3 is 0 Å². The Morgan fingerprint density at radius 1 is 1.20 bits per heavy atom. The maximum atomic E-state index is 5.68. The van der Waals surface area contributed by atoms with Crippen molar-refractivity contribution in [3.8, 4) is 0 Å². The van der Waals surface area contributed by atoms with Crippen LogP contribution in [0, 0.1) is 13.8 Å². The van der Waals surface area contributed by atoms with E-state index in [1.807, 2.05) is 13.0 Å². The van der Waals surface area contributed by atoms with E-state index in [1.165, 1.54) is 10.9 Å². The second-order valence-electron chi connectivity index (χ2n) is 2.57. The van der Waals surface area contributed by atoms with Crippen LogP contribution in [0.2, 0.25) is 0 Å². The van der Waals surface area contributed by atoms with E-state index >= 15 is 0 Å². The molecule has 0 saturated carbocycles. The molecule has 0 amide bonds. The van der Waals surface area contributed by atoms with Gasteiger partial charge in [0.25, 0.3) is 0 Å². The van der Waals surface area contributed by atoms with Crippen LogP contribution in [0.4, 0.5) is 5.69 Å². The van der Waals surface area contributed by atoms with Gasteiger partial charge in [0.2, 0.25) is 0 Å². The van der Waals surface area contributed by atoms with Crippen molar-refractivity contribution < 1.29 is 0 Å². The van der Waals surface area contributed by atoms with Gasteiger partial charge in [-0.2, -0.15) is 0 Å². The number of rotatable bonds is 0. The Morgan fingerprint density at radius 3 is 2.30 bits per heavy atom. The molecular weight excluding hydrogens is 141 g/mol. The molecule has 0 aromatic heterocycles. The zero-order valence-corrected chi connectivity index (χ0v) is 7.46. The molecule has 0 aliphatic rings. The smallest absolute Gasteiger partial charge is 0.0346 e. The van der Waals surface area contributed by atoms with E-state index in [2.05, 4.69) is 22.2 Å². The highest BCUT2D eigenvalue weighted by Crippen LogP contribution is 2.11. The summed E-state index contributed by atoms with van der Waals surface area (Å²) in [5.41, 5.74) is 8.94. The van der Waals surface area contributed by atoms with E-state index < -0.39 is 0 Å². The van der Waals surface area contributed by atoms with E-state index in [0.717, 1.165) is 11.3 Å². The van der Waals surface area contributed by atoms with Gasteiger partial charge in [-0.3, -0.25) is 0 Å². The summed E-state index contributed by atoms with van der Waals surface area (Å²) in [6.45, 7) is 4.07. The molecule has 0 aliphatic carbocycles. The summed E-state index contributed by atoms with van der Waals surface area (Å²) in [6, 6.07) is 4.08. The summed E-state index contributed by atoms with van der Waals surface area (Å²) in [4.78, 5) is 0. The first kappa shape index (κ1) is 7.56. The first-order chi connectivity index (χ1) is 4.61. The van der Waals surface area contributed by atoms with Crippen LogP contribution < -0.4 is 11.0 Å². The molecule has 1 nitrogen and oxygen atoms in total. The molecule has 0 spiro atoms. The minimum Gasteiger partial charge on any atom is -0.399 e. The molecule has 0 aliphatic heterocycles. The van der Waals surface area contributed by atoms with Crippen LogP contribution in [-0.2, 0) is 0 Å². The zero-order valence-electron chi connectivity index (χ0n) is 6.31. The van der Waals surface area contributed by atoms with Gasteiger partial charge in [0.05, 0.1) is 0 Å². The maximum Gasteiger partial charge on any atom is 0.0346 e. The van der Waals surface area contributed by atoms with Gasteiger partial charge in [-0.25, -0.2) is 0 Å². The Morgan fingerprint density at radius 2 is 1.80 bits per heavy atom. The highest BCUT2D eigenvalue weighted by Gasteiger charge is 1.96. The van der Waals surface area contributed by atoms with Crippen molar-refractivity contribution >= 4 is 20.2 Å². The lowest BCUT2D eigenvalue weighted by Gasteiger charge is -2.03. The molecule has 1 aromatic rings. The molecule has 0 radical (unpaired) electrons. The fraction of sp³-hybridized carbons (Fsp3) is 0.250. The van der Waals surface area contributed by atoms with Gasteiger partial charge in [-0.05, 0) is 42.4 Å². The molecule has 2 N–H and O–H groups in total. The fourth-order valence-electron chi connectivity index (χ4n) is 0.861. The molecule has 1 unspecified atom stereocenters. The van der Waals surface area contributed by atoms with Crippen LogP contribution in [0.5, 0.6) is 0 Å². The predicted octanol–water partition coefficient (Wildman–Crippen LogP) is 1.39. The minimum absolute atomic E-state index is 0.878. The molecule has 2 heteroatoms. The summed E-state index contributed by atoms with van der Waals surface area (Å²) in [6.07, 6.45) is 0. The topological polar surface area (TPSA) is 26.0 Å². The quantitative estimate of drug-likeness (QED) is 0.442. The standard InChI is InChI=1S/C8H12NP/c1-5-4-8(10)6(2)3-7(5)9/h3-4H,9-10H2,1-2H3. The Balaban J connectivity index is 3.28. The number of anilines is 1. The Hall–Kier alpha value is -0.550. The van der Waals surface area contributed by atoms with Crippen LogP contribution >= 0.6 is 9.24 Å². The second kappa shape index (κ2) is 2.59. The number of nitrogen functional groups attached to an aromatic ring is 1. The van der Waals surface area contributed by atoms with Crippen LogP contribution in [0.3, 0.4) is 0 Å². The molecule has 0 bridgehead atoms. The van der Waals surface area contributed by atoms with Crippen LogP contribution in [0.1, 0.15) is 11.1 Å². The highest BCUT2D eigenvalue weighted by atomic mass is 31.0. The van der Waals surface area contributed by atoms with Crippen LogP contribution in [0.25, 0.3) is 0 Å². The van der Waals surface area contributed by atoms with Crippen molar-refractivity contribution in [2.45, 2.75) is 13.8 Å². The molecule has 0 heterocycles. The van der Waals surface area contributed by atoms with E-state index in [9.17, 15) is 0 Å². The minimum atomic E-state index is 0.878. The van der Waals surface area contributed by atoms with E-state index in [0.29, 0.717) is 0 Å². The van der Waals surface area contributed by atoms with Crippen molar-refractivity contribution in [2.75, 3.05) is 5.73 Å². The Labute approximate surface area is 63.8 Å². The number of aryl methyl sites for hydroxylation is 2. The van der Waals surface area contributed by atoms with Crippen molar-refractivity contribution in [3.05, 3.63) is 23.3 Å². The average molecular weight is 153 g/mol. The normalized spacial score (nSPS) is 9.90. The second-order valence-corrected chi connectivity index (χ2v) is 3.19. The summed E-state index contributed by atoms with van der Waals surface area (Å²) in [7, 11) is 2.69. The number of nitrogens with two attached hydrogens (primary N) is 1. The third kappa shape index (κ3) is 1.30. The largest absolute Gasteiger partial charge is 0.399 e. The van der Waals surface area contributed by atoms with Gasteiger partial charge in [0.15, 0.2) is 0 Å². The third-order valence-electron chi connectivity index (χ3n) is 1.65. The molecule has 0 fully saturated rings. The van der Waals surface area contributed by atoms with Crippen molar-refractivity contribution in [2.24, 2.45) is 0 Å². The SMILES string of the molecule is Cc1cc(P)c(C)cc1N. The molecule has 10 heavy (non-hydrogen) atoms. The lowest BCUT2D eigenvalue weighted by atomic mass is 10.1. The Kier molecular flexibility index (Phi) is 1.96. The Bertz CT molecular complexity index is 205. The lowest BCUT2D eigenvalue weighted by Crippen LogP contribution is -2.00.